The summed E-state index contributed by atoms with van der Waals surface area (Å²) in [4.78, 5) is 0. The smallest absolute Gasteiger partial charge is 0.231 e. The minimum Gasteiger partial charge on any atom is -0.231 e. The zero-order valence-electron chi connectivity index (χ0n) is 6.36. The molecule has 0 N–H and O–H groups in total. The van der Waals surface area contributed by atoms with E-state index in [2.05, 4.69) is 33.3 Å². The third kappa shape index (κ3) is 6.21. The van der Waals surface area contributed by atoms with E-state index in [4.69, 9.17) is 0 Å². The minimum atomic E-state index is 0. The normalized spacial score (nSPS) is 10.1. The molecule has 0 aliphatic heterocycles. The molecule has 0 bridgehead atoms. The maximum absolute atomic E-state index is 2.21. The second-order valence-corrected chi connectivity index (χ2v) is 1.65. The van der Waals surface area contributed by atoms with E-state index in [9.17, 15) is 0 Å². The molecule has 0 nitrogen and oxygen atoms in total. The predicted molar refractivity (Wildman–Crippen MR) is 34.0 cm³/mol. The fourth-order valence-electron chi connectivity index (χ4n) is 0.440. The van der Waals surface area contributed by atoms with Crippen LogP contribution in [0, 0.1) is 6.42 Å². The fourth-order valence-corrected chi connectivity index (χ4v) is 0.440. The monoisotopic (exact) mass is 104 g/mol. The number of allylic oxidation sites excluding steroid dienone is 2. The summed E-state index contributed by atoms with van der Waals surface area (Å²) in [6.07, 6.45) is 5.47. The molecule has 0 saturated carbocycles. The van der Waals surface area contributed by atoms with Crippen LogP contribution in [-0.4, -0.2) is 0 Å². The van der Waals surface area contributed by atoms with Crippen LogP contribution in [0.3, 0.4) is 0 Å². The molecule has 1 heteroatoms. The summed E-state index contributed by atoms with van der Waals surface area (Å²) in [7, 11) is 0. The Balaban J connectivity index is 0. The van der Waals surface area contributed by atoms with Crippen molar-refractivity contribution in [3.8, 4) is 0 Å². The summed E-state index contributed by atoms with van der Waals surface area (Å²) in [5, 5.41) is 0. The summed E-state index contributed by atoms with van der Waals surface area (Å²) >= 11 is 0. The van der Waals surface area contributed by atoms with Crippen molar-refractivity contribution in [3.05, 3.63) is 18.1 Å². The van der Waals surface area contributed by atoms with Gasteiger partial charge in [0.05, 0.1) is 0 Å². The first-order chi connectivity index (χ1) is 3.31. The molecule has 0 rings (SSSR count). The van der Waals surface area contributed by atoms with Gasteiger partial charge in [-0.2, -0.15) is 0 Å². The Morgan fingerprint density at radius 3 is 2.25 bits per heavy atom. The zero-order chi connectivity index (χ0) is 5.70. The molecule has 0 aliphatic carbocycles. The van der Waals surface area contributed by atoms with Crippen molar-refractivity contribution in [3.63, 3.8) is 0 Å². The molecule has 0 radical (unpaired) electrons. The van der Waals surface area contributed by atoms with Crippen molar-refractivity contribution in [1.82, 2.24) is 0 Å². The van der Waals surface area contributed by atoms with Gasteiger partial charge in [-0.25, -0.2) is 18.1 Å². The fraction of sp³-hybridized carbons (Fsp3) is 0.571. The molecule has 0 fully saturated rings. The SMILES string of the molecule is C[CH-]C(C)=CCC.[Li+]. The Hall–Kier alpha value is 0.207. The molecule has 42 valence electrons. The molecular formula is C7H13Li. The minimum absolute atomic E-state index is 0. The van der Waals surface area contributed by atoms with Gasteiger partial charge in [-0.1, -0.05) is 13.8 Å². The molecule has 0 spiro atoms. The van der Waals surface area contributed by atoms with Gasteiger partial charge in [0.1, 0.15) is 0 Å². The van der Waals surface area contributed by atoms with Crippen LogP contribution < -0.4 is 18.9 Å². The first-order valence-electron chi connectivity index (χ1n) is 2.77. The van der Waals surface area contributed by atoms with Crippen molar-refractivity contribution in [2.45, 2.75) is 27.2 Å². The molecule has 0 atom stereocenters. The number of rotatable bonds is 2. The van der Waals surface area contributed by atoms with Crippen LogP contribution in [0.1, 0.15) is 27.2 Å². The van der Waals surface area contributed by atoms with Gasteiger partial charge in [0, 0.05) is 0 Å². The van der Waals surface area contributed by atoms with E-state index in [-0.39, 0.29) is 18.9 Å². The van der Waals surface area contributed by atoms with E-state index in [0.29, 0.717) is 0 Å². The van der Waals surface area contributed by atoms with Crippen LogP contribution >= 0.6 is 0 Å². The third-order valence-electron chi connectivity index (χ3n) is 0.981. The van der Waals surface area contributed by atoms with Crippen molar-refractivity contribution in [2.75, 3.05) is 0 Å². The van der Waals surface area contributed by atoms with E-state index in [1.165, 1.54) is 5.57 Å². The summed E-state index contributed by atoms with van der Waals surface area (Å²) in [5.41, 5.74) is 1.38. The summed E-state index contributed by atoms with van der Waals surface area (Å²) in [6.45, 7) is 6.32. The second-order valence-electron chi connectivity index (χ2n) is 1.65. The van der Waals surface area contributed by atoms with Crippen molar-refractivity contribution < 1.29 is 18.9 Å². The first kappa shape index (κ1) is 11.1. The van der Waals surface area contributed by atoms with Crippen molar-refractivity contribution >= 4 is 0 Å². The molecule has 0 aliphatic rings. The van der Waals surface area contributed by atoms with E-state index in [0.717, 1.165) is 6.42 Å². The van der Waals surface area contributed by atoms with Crippen molar-refractivity contribution in [2.24, 2.45) is 0 Å². The standard InChI is InChI=1S/C7H13.Li/c1-4-6-7(3)5-2;/h5-6H,4H2,1-3H3;/q-1;+1. The topological polar surface area (TPSA) is 0 Å². The van der Waals surface area contributed by atoms with Gasteiger partial charge in [-0.05, 0) is 0 Å². The maximum Gasteiger partial charge on any atom is 1.00 e. The molecule has 0 unspecified atom stereocenters. The quantitative estimate of drug-likeness (QED) is 0.329. The largest absolute Gasteiger partial charge is 1.00 e. The third-order valence-corrected chi connectivity index (χ3v) is 0.981. The number of hydrogen-bond acceptors (Lipinski definition) is 0. The zero-order valence-corrected chi connectivity index (χ0v) is 6.36. The molecule has 0 heterocycles. The van der Waals surface area contributed by atoms with Crippen LogP contribution in [0.4, 0.5) is 0 Å². The van der Waals surface area contributed by atoms with Gasteiger partial charge in [-0.15, -0.1) is 13.3 Å². The molecule has 0 saturated heterocycles. The predicted octanol–water partition coefficient (Wildman–Crippen LogP) is -0.429. The average Bonchev–Trinajstić information content (AvgIpc) is 1.68. The summed E-state index contributed by atoms with van der Waals surface area (Å²) in [5.74, 6) is 0. The molecule has 0 amide bonds. The molecule has 0 aromatic heterocycles. The van der Waals surface area contributed by atoms with Crippen LogP contribution in [0.25, 0.3) is 0 Å². The second kappa shape index (κ2) is 7.21. The molecular weight excluding hydrogens is 91.0 g/mol. The maximum atomic E-state index is 2.21. The van der Waals surface area contributed by atoms with Crippen molar-refractivity contribution in [1.29, 1.82) is 0 Å². The van der Waals surface area contributed by atoms with E-state index in [1.807, 2.05) is 0 Å². The molecule has 0 aromatic rings. The Labute approximate surface area is 64.5 Å². The van der Waals surface area contributed by atoms with Gasteiger partial charge >= 0.3 is 18.9 Å². The van der Waals surface area contributed by atoms with E-state index < -0.39 is 0 Å². The molecule has 0 aromatic carbocycles. The Morgan fingerprint density at radius 1 is 1.62 bits per heavy atom. The van der Waals surface area contributed by atoms with Gasteiger partial charge in [0.15, 0.2) is 0 Å². The van der Waals surface area contributed by atoms with Gasteiger partial charge in [0.25, 0.3) is 0 Å². The Morgan fingerprint density at radius 2 is 2.12 bits per heavy atom. The first-order valence-corrected chi connectivity index (χ1v) is 2.77. The molecule has 8 heavy (non-hydrogen) atoms. The van der Waals surface area contributed by atoms with Gasteiger partial charge in [-0.3, -0.25) is 0 Å². The van der Waals surface area contributed by atoms with E-state index in [1.54, 1.807) is 0 Å². The van der Waals surface area contributed by atoms with Gasteiger partial charge < -0.3 is 0 Å². The van der Waals surface area contributed by atoms with Crippen LogP contribution in [0.2, 0.25) is 0 Å². The van der Waals surface area contributed by atoms with Crippen LogP contribution in [0.15, 0.2) is 11.6 Å². The van der Waals surface area contributed by atoms with Crippen LogP contribution in [0.5, 0.6) is 0 Å². The Bertz CT molecular complexity index is 64.8. The van der Waals surface area contributed by atoms with Gasteiger partial charge in [0.2, 0.25) is 0 Å². The van der Waals surface area contributed by atoms with E-state index >= 15 is 0 Å². The summed E-state index contributed by atoms with van der Waals surface area (Å²) < 4.78 is 0. The number of hydrogen-bond donors (Lipinski definition) is 0. The van der Waals surface area contributed by atoms with Crippen LogP contribution in [-0.2, 0) is 0 Å². The Kier molecular flexibility index (Phi) is 9.97. The summed E-state index contributed by atoms with van der Waals surface area (Å²) in [6, 6.07) is 0. The average molecular weight is 104 g/mol.